The normalized spacial score (nSPS) is 10.8. The Kier molecular flexibility index (Phi) is 7.95. The van der Waals surface area contributed by atoms with Gasteiger partial charge in [-0.3, -0.25) is 0 Å². The van der Waals surface area contributed by atoms with E-state index in [0.717, 1.165) is 23.6 Å². The third-order valence-corrected chi connectivity index (χ3v) is 4.73. The summed E-state index contributed by atoms with van der Waals surface area (Å²) < 4.78 is 22.0. The highest BCUT2D eigenvalue weighted by Gasteiger charge is 2.18. The Hall–Kier alpha value is -2.99. The number of hydrogen-bond donors (Lipinski definition) is 0. The van der Waals surface area contributed by atoms with Crippen LogP contribution < -0.4 is 9.47 Å². The van der Waals surface area contributed by atoms with Gasteiger partial charge in [0.15, 0.2) is 13.2 Å². The predicted octanol–water partition coefficient (Wildman–Crippen LogP) is 5.31. The minimum atomic E-state index is -0.444. The van der Waals surface area contributed by atoms with Gasteiger partial charge in [-0.25, -0.2) is 9.59 Å². The third kappa shape index (κ3) is 5.58. The Morgan fingerprint density at radius 1 is 0.742 bits per heavy atom. The molecule has 31 heavy (non-hydrogen) atoms. The molecular formula is C24H25ClO6. The van der Waals surface area contributed by atoms with E-state index in [4.69, 9.17) is 30.5 Å². The maximum Gasteiger partial charge on any atom is 0.344 e. The summed E-state index contributed by atoms with van der Waals surface area (Å²) >= 11 is 6.25. The average Bonchev–Trinajstić information content (AvgIpc) is 2.78. The number of hydrogen-bond acceptors (Lipinski definition) is 6. The highest BCUT2D eigenvalue weighted by molar-refractivity contribution is 6.31. The van der Waals surface area contributed by atoms with Crippen molar-refractivity contribution in [1.82, 2.24) is 0 Å². The summed E-state index contributed by atoms with van der Waals surface area (Å²) in [7, 11) is 0. The number of ether oxygens (including phenoxy) is 4. The van der Waals surface area contributed by atoms with E-state index in [-0.39, 0.29) is 13.2 Å². The summed E-state index contributed by atoms with van der Waals surface area (Å²) in [4.78, 5) is 24.0. The Bertz CT molecular complexity index is 1080. The summed E-state index contributed by atoms with van der Waals surface area (Å²) in [5.74, 6) is 0.145. The lowest BCUT2D eigenvalue weighted by molar-refractivity contribution is -0.146. The van der Waals surface area contributed by atoms with Crippen LogP contribution in [0.25, 0.3) is 21.5 Å². The summed E-state index contributed by atoms with van der Waals surface area (Å²) in [6.07, 6.45) is 1.47. The van der Waals surface area contributed by atoms with Gasteiger partial charge in [0.2, 0.25) is 0 Å². The van der Waals surface area contributed by atoms with Crippen molar-refractivity contribution in [3.05, 3.63) is 47.5 Å². The number of carbonyl (C=O) groups is 2. The molecule has 0 aliphatic heterocycles. The van der Waals surface area contributed by atoms with Gasteiger partial charge in [-0.05, 0) is 31.0 Å². The van der Waals surface area contributed by atoms with Gasteiger partial charge in [-0.15, -0.1) is 0 Å². The van der Waals surface area contributed by atoms with Gasteiger partial charge >= 0.3 is 11.9 Å². The maximum atomic E-state index is 12.0. The molecule has 0 bridgehead atoms. The lowest BCUT2D eigenvalue weighted by Crippen LogP contribution is -2.16. The number of esters is 2. The highest BCUT2D eigenvalue weighted by Crippen LogP contribution is 2.43. The Morgan fingerprint density at radius 3 is 1.74 bits per heavy atom. The zero-order chi connectivity index (χ0) is 22.2. The highest BCUT2D eigenvalue weighted by atomic mass is 35.5. The first kappa shape index (κ1) is 22.7. The smallest absolute Gasteiger partial charge is 0.344 e. The molecule has 0 amide bonds. The number of fused-ring (bicyclic) bond motifs is 2. The van der Waals surface area contributed by atoms with Gasteiger partial charge in [-0.2, -0.15) is 0 Å². The van der Waals surface area contributed by atoms with Gasteiger partial charge in [-0.1, -0.05) is 49.7 Å². The monoisotopic (exact) mass is 444 g/mol. The molecule has 3 aromatic carbocycles. The summed E-state index contributed by atoms with van der Waals surface area (Å²) in [6, 6.07) is 12.8. The van der Waals surface area contributed by atoms with E-state index in [1.165, 1.54) is 0 Å². The first-order valence-electron chi connectivity index (χ1n) is 10.3. The molecule has 6 nitrogen and oxygen atoms in total. The lowest BCUT2D eigenvalue weighted by Gasteiger charge is -2.17. The third-order valence-electron chi connectivity index (χ3n) is 4.49. The Balaban J connectivity index is 2.03. The molecule has 0 spiro atoms. The first-order valence-corrected chi connectivity index (χ1v) is 10.6. The van der Waals surface area contributed by atoms with Crippen molar-refractivity contribution >= 4 is 45.1 Å². The molecule has 0 saturated carbocycles. The van der Waals surface area contributed by atoms with E-state index in [1.54, 1.807) is 18.2 Å². The molecule has 3 aromatic rings. The number of rotatable bonds is 10. The van der Waals surface area contributed by atoms with E-state index in [0.29, 0.717) is 40.5 Å². The molecule has 0 atom stereocenters. The van der Waals surface area contributed by atoms with Gasteiger partial charge in [0.1, 0.15) is 11.5 Å². The van der Waals surface area contributed by atoms with E-state index in [9.17, 15) is 9.59 Å². The molecule has 0 saturated heterocycles. The minimum Gasteiger partial charge on any atom is -0.481 e. The molecular weight excluding hydrogens is 420 g/mol. The summed E-state index contributed by atoms with van der Waals surface area (Å²) in [6.45, 7) is 4.10. The largest absolute Gasteiger partial charge is 0.481 e. The molecule has 0 heterocycles. The molecule has 0 radical (unpaired) electrons. The molecule has 0 aromatic heterocycles. The fraction of sp³-hybridized carbons (Fsp3) is 0.333. The van der Waals surface area contributed by atoms with Crippen molar-refractivity contribution in [2.45, 2.75) is 26.7 Å². The molecule has 0 N–H and O–H groups in total. The van der Waals surface area contributed by atoms with Crippen LogP contribution in [0.4, 0.5) is 0 Å². The van der Waals surface area contributed by atoms with Crippen LogP contribution in [0.5, 0.6) is 11.5 Å². The van der Waals surface area contributed by atoms with Crippen molar-refractivity contribution in [3.63, 3.8) is 0 Å². The van der Waals surface area contributed by atoms with E-state index < -0.39 is 11.9 Å². The minimum absolute atomic E-state index is 0.217. The second-order valence-corrected chi connectivity index (χ2v) is 7.35. The SMILES string of the molecule is CCCOC(=O)COc1c2ccccc2c(OCC(=O)OCCC)c2cc(Cl)ccc12. The van der Waals surface area contributed by atoms with Crippen LogP contribution in [0.2, 0.25) is 5.02 Å². The second-order valence-electron chi connectivity index (χ2n) is 6.91. The topological polar surface area (TPSA) is 71.1 Å². The van der Waals surface area contributed by atoms with Crippen LogP contribution >= 0.6 is 11.6 Å². The number of carbonyl (C=O) groups excluding carboxylic acids is 2. The molecule has 164 valence electrons. The molecule has 0 unspecified atom stereocenters. The van der Waals surface area contributed by atoms with Crippen LogP contribution in [-0.2, 0) is 19.1 Å². The molecule has 0 aliphatic rings. The fourth-order valence-electron chi connectivity index (χ4n) is 3.16. The van der Waals surface area contributed by atoms with Gasteiger partial charge < -0.3 is 18.9 Å². The van der Waals surface area contributed by atoms with Gasteiger partial charge in [0, 0.05) is 26.6 Å². The second kappa shape index (κ2) is 10.9. The van der Waals surface area contributed by atoms with Crippen molar-refractivity contribution in [3.8, 4) is 11.5 Å². The van der Waals surface area contributed by atoms with E-state index in [2.05, 4.69) is 0 Å². The van der Waals surface area contributed by atoms with Gasteiger partial charge in [0.25, 0.3) is 0 Å². The quantitative estimate of drug-likeness (QED) is 0.311. The van der Waals surface area contributed by atoms with Crippen LogP contribution in [0.1, 0.15) is 26.7 Å². The van der Waals surface area contributed by atoms with Crippen molar-refractivity contribution < 1.29 is 28.5 Å². The predicted molar refractivity (Wildman–Crippen MR) is 120 cm³/mol. The molecule has 7 heteroatoms. The van der Waals surface area contributed by atoms with Gasteiger partial charge in [0.05, 0.1) is 13.2 Å². The Morgan fingerprint density at radius 2 is 1.23 bits per heavy atom. The average molecular weight is 445 g/mol. The zero-order valence-electron chi connectivity index (χ0n) is 17.6. The lowest BCUT2D eigenvalue weighted by atomic mass is 10.0. The van der Waals surface area contributed by atoms with Crippen molar-refractivity contribution in [2.75, 3.05) is 26.4 Å². The molecule has 0 aliphatic carbocycles. The summed E-state index contributed by atoms with van der Waals surface area (Å²) in [5, 5.41) is 3.37. The van der Waals surface area contributed by atoms with Crippen LogP contribution in [0, 0.1) is 0 Å². The van der Waals surface area contributed by atoms with Crippen LogP contribution in [-0.4, -0.2) is 38.4 Å². The van der Waals surface area contributed by atoms with Crippen molar-refractivity contribution in [2.24, 2.45) is 0 Å². The molecule has 0 fully saturated rings. The Labute approximate surface area is 186 Å². The van der Waals surface area contributed by atoms with Crippen LogP contribution in [0.3, 0.4) is 0 Å². The fourth-order valence-corrected chi connectivity index (χ4v) is 3.33. The number of halogens is 1. The summed E-state index contributed by atoms with van der Waals surface area (Å²) in [5.41, 5.74) is 0. The first-order chi connectivity index (χ1) is 15.0. The van der Waals surface area contributed by atoms with E-state index >= 15 is 0 Å². The van der Waals surface area contributed by atoms with E-state index in [1.807, 2.05) is 38.1 Å². The molecule has 3 rings (SSSR count). The van der Waals surface area contributed by atoms with Crippen LogP contribution in [0.15, 0.2) is 42.5 Å². The number of benzene rings is 3. The maximum absolute atomic E-state index is 12.0. The standard InChI is InChI=1S/C24H25ClO6/c1-3-11-28-21(26)14-30-23-17-7-5-6-8-18(17)24(31-15-22(27)29-12-4-2)20-13-16(25)9-10-19(20)23/h5-10,13H,3-4,11-12,14-15H2,1-2H3. The zero-order valence-corrected chi connectivity index (χ0v) is 18.4. The van der Waals surface area contributed by atoms with Crippen molar-refractivity contribution in [1.29, 1.82) is 0 Å².